The van der Waals surface area contributed by atoms with E-state index in [2.05, 4.69) is 48.1 Å². The molecule has 0 aliphatic rings. The van der Waals surface area contributed by atoms with E-state index in [0.29, 0.717) is 12.0 Å². The van der Waals surface area contributed by atoms with Crippen molar-refractivity contribution in [2.24, 2.45) is 5.92 Å². The van der Waals surface area contributed by atoms with Crippen molar-refractivity contribution in [1.29, 1.82) is 0 Å². The topological polar surface area (TPSA) is 12.0 Å². The smallest absolute Gasteiger partial charge is 0.0551 e. The van der Waals surface area contributed by atoms with Crippen molar-refractivity contribution < 1.29 is 0 Å². The third-order valence-corrected chi connectivity index (χ3v) is 4.34. The lowest BCUT2D eigenvalue weighted by molar-refractivity contribution is 0.389. The van der Waals surface area contributed by atoms with Crippen LogP contribution in [0.1, 0.15) is 32.8 Å². The van der Waals surface area contributed by atoms with E-state index >= 15 is 0 Å². The van der Waals surface area contributed by atoms with Crippen molar-refractivity contribution in [3.63, 3.8) is 0 Å². The summed E-state index contributed by atoms with van der Waals surface area (Å²) >= 11 is 9.44. The molecule has 0 radical (unpaired) electrons. The minimum absolute atomic E-state index is 0.535. The highest BCUT2D eigenvalue weighted by molar-refractivity contribution is 9.10. The zero-order chi connectivity index (χ0) is 12.1. The number of hydrogen-bond acceptors (Lipinski definition) is 1. The van der Waals surface area contributed by atoms with Gasteiger partial charge in [0.15, 0.2) is 0 Å². The van der Waals surface area contributed by atoms with Crippen LogP contribution in [0.15, 0.2) is 22.7 Å². The largest absolute Gasteiger partial charge is 0.310 e. The molecule has 0 amide bonds. The monoisotopic (exact) mass is 303 g/mol. The summed E-state index contributed by atoms with van der Waals surface area (Å²) in [5.74, 6) is 0.700. The van der Waals surface area contributed by atoms with Gasteiger partial charge in [0.05, 0.1) is 5.02 Å². The summed E-state index contributed by atoms with van der Waals surface area (Å²) in [7, 11) is 0. The molecule has 0 spiro atoms. The molecule has 1 aromatic rings. The van der Waals surface area contributed by atoms with Crippen LogP contribution in [0, 0.1) is 5.92 Å². The zero-order valence-electron chi connectivity index (χ0n) is 10.1. The number of hydrogen-bond donors (Lipinski definition) is 1. The minimum atomic E-state index is 0.535. The van der Waals surface area contributed by atoms with Crippen LogP contribution in [0.5, 0.6) is 0 Å². The number of halogens is 2. The van der Waals surface area contributed by atoms with Gasteiger partial charge in [0.2, 0.25) is 0 Å². The second kappa shape index (κ2) is 6.63. The van der Waals surface area contributed by atoms with Gasteiger partial charge in [-0.25, -0.2) is 0 Å². The first-order chi connectivity index (χ1) is 7.54. The summed E-state index contributed by atoms with van der Waals surface area (Å²) < 4.78 is 0.952. The lowest BCUT2D eigenvalue weighted by Crippen LogP contribution is -2.31. The van der Waals surface area contributed by atoms with Gasteiger partial charge in [-0.3, -0.25) is 0 Å². The zero-order valence-corrected chi connectivity index (χ0v) is 12.4. The quantitative estimate of drug-likeness (QED) is 0.836. The van der Waals surface area contributed by atoms with Gasteiger partial charge >= 0.3 is 0 Å². The normalized spacial score (nSPS) is 14.8. The highest BCUT2D eigenvalue weighted by Gasteiger charge is 2.09. The Kier molecular flexibility index (Phi) is 5.81. The first kappa shape index (κ1) is 14.0. The van der Waals surface area contributed by atoms with Gasteiger partial charge < -0.3 is 5.32 Å². The molecular weight excluding hydrogens is 286 g/mol. The van der Waals surface area contributed by atoms with E-state index in [1.165, 1.54) is 12.0 Å². The van der Waals surface area contributed by atoms with Gasteiger partial charge in [0.25, 0.3) is 0 Å². The minimum Gasteiger partial charge on any atom is -0.310 e. The van der Waals surface area contributed by atoms with E-state index < -0.39 is 0 Å². The van der Waals surface area contributed by atoms with Gasteiger partial charge in [0.1, 0.15) is 0 Å². The van der Waals surface area contributed by atoms with Crippen molar-refractivity contribution in [2.75, 3.05) is 0 Å². The van der Waals surface area contributed by atoms with E-state index in [-0.39, 0.29) is 0 Å². The van der Waals surface area contributed by atoms with Crippen LogP contribution in [0.25, 0.3) is 0 Å². The fraction of sp³-hybridized carbons (Fsp3) is 0.538. The lowest BCUT2D eigenvalue weighted by atomic mass is 10.0. The molecule has 2 atom stereocenters. The van der Waals surface area contributed by atoms with Crippen LogP contribution in [-0.4, -0.2) is 6.04 Å². The van der Waals surface area contributed by atoms with Crippen LogP contribution < -0.4 is 5.32 Å². The fourth-order valence-corrected chi connectivity index (χ4v) is 1.93. The predicted molar refractivity (Wildman–Crippen MR) is 74.9 cm³/mol. The van der Waals surface area contributed by atoms with Crippen LogP contribution in [0.4, 0.5) is 0 Å². The maximum atomic E-state index is 6.04. The summed E-state index contributed by atoms with van der Waals surface area (Å²) in [6.45, 7) is 7.60. The molecule has 1 aromatic carbocycles. The molecule has 2 unspecified atom stereocenters. The average molecular weight is 305 g/mol. The first-order valence-electron chi connectivity index (χ1n) is 5.72. The van der Waals surface area contributed by atoms with E-state index in [4.69, 9.17) is 11.6 Å². The van der Waals surface area contributed by atoms with Crippen molar-refractivity contribution >= 4 is 27.5 Å². The van der Waals surface area contributed by atoms with Gasteiger partial charge in [-0.1, -0.05) is 37.9 Å². The summed E-state index contributed by atoms with van der Waals surface area (Å²) in [5, 5.41) is 4.30. The van der Waals surface area contributed by atoms with Gasteiger partial charge in [-0.2, -0.15) is 0 Å². The Balaban J connectivity index is 2.51. The number of nitrogens with one attached hydrogen (secondary N) is 1. The second-order valence-electron chi connectivity index (χ2n) is 4.30. The molecule has 0 saturated carbocycles. The molecule has 3 heteroatoms. The molecule has 0 heterocycles. The molecule has 0 bridgehead atoms. The first-order valence-corrected chi connectivity index (χ1v) is 6.89. The van der Waals surface area contributed by atoms with E-state index in [1.54, 1.807) is 0 Å². The Morgan fingerprint density at radius 1 is 1.38 bits per heavy atom. The van der Waals surface area contributed by atoms with Crippen LogP contribution >= 0.6 is 27.5 Å². The summed E-state index contributed by atoms with van der Waals surface area (Å²) in [6.07, 6.45) is 1.20. The Bertz CT molecular complexity index is 341. The molecule has 90 valence electrons. The van der Waals surface area contributed by atoms with Crippen molar-refractivity contribution in [3.05, 3.63) is 33.3 Å². The summed E-state index contributed by atoms with van der Waals surface area (Å²) in [6, 6.07) is 6.62. The van der Waals surface area contributed by atoms with Crippen LogP contribution in [0.3, 0.4) is 0 Å². The highest BCUT2D eigenvalue weighted by Crippen LogP contribution is 2.23. The molecule has 0 fully saturated rings. The highest BCUT2D eigenvalue weighted by atomic mass is 79.9. The molecule has 0 saturated heterocycles. The average Bonchev–Trinajstić information content (AvgIpc) is 2.29. The van der Waals surface area contributed by atoms with E-state index in [1.807, 2.05) is 12.1 Å². The molecule has 1 N–H and O–H groups in total. The lowest BCUT2D eigenvalue weighted by Gasteiger charge is -2.20. The van der Waals surface area contributed by atoms with Gasteiger partial charge in [-0.05, 0) is 46.5 Å². The van der Waals surface area contributed by atoms with Crippen molar-refractivity contribution in [1.82, 2.24) is 5.32 Å². The molecule has 1 rings (SSSR count). The molecule has 0 aromatic heterocycles. The molecule has 0 aliphatic carbocycles. The SMILES string of the molecule is CCC(C)C(C)NCc1ccc(Br)c(Cl)c1. The molecule has 16 heavy (non-hydrogen) atoms. The summed E-state index contributed by atoms with van der Waals surface area (Å²) in [5.41, 5.74) is 1.23. The maximum Gasteiger partial charge on any atom is 0.0551 e. The van der Waals surface area contributed by atoms with E-state index in [9.17, 15) is 0 Å². The third kappa shape index (κ3) is 4.08. The number of rotatable bonds is 5. The predicted octanol–water partition coefficient (Wildman–Crippen LogP) is 4.63. The number of benzene rings is 1. The van der Waals surface area contributed by atoms with E-state index in [0.717, 1.165) is 16.0 Å². The molecule has 1 nitrogen and oxygen atoms in total. The Morgan fingerprint density at radius 3 is 2.62 bits per heavy atom. The molecular formula is C13H19BrClN. The Labute approximate surface area is 112 Å². The van der Waals surface area contributed by atoms with Crippen LogP contribution in [0.2, 0.25) is 5.02 Å². The van der Waals surface area contributed by atoms with Crippen molar-refractivity contribution in [2.45, 2.75) is 39.8 Å². The standard InChI is InChI=1S/C13H19BrClN/c1-4-9(2)10(3)16-8-11-5-6-12(14)13(15)7-11/h5-7,9-10,16H,4,8H2,1-3H3. The second-order valence-corrected chi connectivity index (χ2v) is 5.57. The van der Waals surface area contributed by atoms with Crippen molar-refractivity contribution in [3.8, 4) is 0 Å². The third-order valence-electron chi connectivity index (χ3n) is 3.11. The van der Waals surface area contributed by atoms with Gasteiger partial charge in [-0.15, -0.1) is 0 Å². The van der Waals surface area contributed by atoms with Crippen LogP contribution in [-0.2, 0) is 6.54 Å². The Morgan fingerprint density at radius 2 is 2.06 bits per heavy atom. The maximum absolute atomic E-state index is 6.04. The molecule has 0 aliphatic heterocycles. The summed E-state index contributed by atoms with van der Waals surface area (Å²) in [4.78, 5) is 0. The van der Waals surface area contributed by atoms with Gasteiger partial charge in [0, 0.05) is 17.1 Å². The Hall–Kier alpha value is -0.0500. The fourth-order valence-electron chi connectivity index (χ4n) is 1.48.